The fourth-order valence-electron chi connectivity index (χ4n) is 1.16. The summed E-state index contributed by atoms with van der Waals surface area (Å²) < 4.78 is 14.4. The summed E-state index contributed by atoms with van der Waals surface area (Å²) in [5.74, 6) is 0.331. The molecule has 0 radical (unpaired) electrons. The third kappa shape index (κ3) is 3.22. The molecule has 1 nitrogen and oxygen atoms in total. The van der Waals surface area contributed by atoms with E-state index in [1.54, 1.807) is 11.8 Å². The van der Waals surface area contributed by atoms with Gasteiger partial charge in [0, 0.05) is 16.7 Å². The lowest BCUT2D eigenvalue weighted by atomic mass is 10.2. The first-order valence-electron chi connectivity index (χ1n) is 5.31. The summed E-state index contributed by atoms with van der Waals surface area (Å²) in [4.78, 5) is 0.685. The zero-order valence-electron chi connectivity index (χ0n) is 9.76. The number of halogens is 2. The van der Waals surface area contributed by atoms with E-state index in [4.69, 9.17) is 5.73 Å². The first-order chi connectivity index (χ1) is 7.47. The summed E-state index contributed by atoms with van der Waals surface area (Å²) in [6.07, 6.45) is 0. The minimum atomic E-state index is -0.194. The SMILES string of the molecule is CC(C)C(C)Sc1ccc(CN)c(Br)c1F. The zero-order valence-corrected chi connectivity index (χ0v) is 12.2. The highest BCUT2D eigenvalue weighted by molar-refractivity contribution is 9.10. The Kier molecular flexibility index (Phi) is 5.28. The van der Waals surface area contributed by atoms with Crippen molar-refractivity contribution in [3.05, 3.63) is 28.0 Å². The highest BCUT2D eigenvalue weighted by atomic mass is 79.9. The van der Waals surface area contributed by atoms with Crippen LogP contribution in [0.4, 0.5) is 4.39 Å². The molecule has 2 N–H and O–H groups in total. The molecule has 1 unspecified atom stereocenters. The molecule has 4 heteroatoms. The van der Waals surface area contributed by atoms with Crippen LogP contribution in [0.25, 0.3) is 0 Å². The minimum absolute atomic E-state index is 0.194. The minimum Gasteiger partial charge on any atom is -0.326 e. The Morgan fingerprint density at radius 3 is 2.50 bits per heavy atom. The maximum Gasteiger partial charge on any atom is 0.151 e. The Morgan fingerprint density at radius 2 is 2.00 bits per heavy atom. The van der Waals surface area contributed by atoms with E-state index in [1.165, 1.54) is 0 Å². The summed E-state index contributed by atoms with van der Waals surface area (Å²) in [6.45, 7) is 6.74. The topological polar surface area (TPSA) is 26.0 Å². The van der Waals surface area contributed by atoms with Gasteiger partial charge in [-0.1, -0.05) is 26.8 Å². The second kappa shape index (κ2) is 6.03. The van der Waals surface area contributed by atoms with E-state index < -0.39 is 0 Å². The molecule has 0 bridgehead atoms. The Bertz CT molecular complexity index is 368. The predicted octanol–water partition coefficient (Wildman–Crippen LogP) is 4.18. The van der Waals surface area contributed by atoms with Gasteiger partial charge in [0.25, 0.3) is 0 Å². The smallest absolute Gasteiger partial charge is 0.151 e. The van der Waals surface area contributed by atoms with E-state index in [2.05, 4.69) is 36.7 Å². The van der Waals surface area contributed by atoms with Crippen LogP contribution < -0.4 is 5.73 Å². The third-order valence-corrected chi connectivity index (χ3v) is 4.94. The Morgan fingerprint density at radius 1 is 1.38 bits per heavy atom. The van der Waals surface area contributed by atoms with Gasteiger partial charge in [-0.15, -0.1) is 11.8 Å². The summed E-state index contributed by atoms with van der Waals surface area (Å²) >= 11 is 4.82. The summed E-state index contributed by atoms with van der Waals surface area (Å²) in [5.41, 5.74) is 6.32. The van der Waals surface area contributed by atoms with Gasteiger partial charge in [-0.2, -0.15) is 0 Å². The van der Waals surface area contributed by atoms with Gasteiger partial charge in [-0.05, 0) is 33.5 Å². The first-order valence-corrected chi connectivity index (χ1v) is 6.98. The number of rotatable bonds is 4. The average molecular weight is 306 g/mol. The molecular weight excluding hydrogens is 289 g/mol. The zero-order chi connectivity index (χ0) is 12.3. The van der Waals surface area contributed by atoms with Crippen molar-refractivity contribution in [1.29, 1.82) is 0 Å². The number of nitrogens with two attached hydrogens (primary N) is 1. The van der Waals surface area contributed by atoms with E-state index in [0.29, 0.717) is 27.1 Å². The molecule has 0 heterocycles. The molecule has 1 atom stereocenters. The van der Waals surface area contributed by atoms with Gasteiger partial charge in [0.1, 0.15) is 0 Å². The number of hydrogen-bond donors (Lipinski definition) is 1. The van der Waals surface area contributed by atoms with Crippen molar-refractivity contribution < 1.29 is 4.39 Å². The molecule has 1 aromatic carbocycles. The molecule has 16 heavy (non-hydrogen) atoms. The van der Waals surface area contributed by atoms with Crippen LogP contribution in [-0.4, -0.2) is 5.25 Å². The van der Waals surface area contributed by atoms with E-state index in [1.807, 2.05) is 12.1 Å². The maximum absolute atomic E-state index is 13.9. The van der Waals surface area contributed by atoms with Gasteiger partial charge in [0.05, 0.1) is 4.47 Å². The van der Waals surface area contributed by atoms with Gasteiger partial charge in [-0.3, -0.25) is 0 Å². The molecule has 0 aliphatic carbocycles. The molecule has 0 saturated heterocycles. The van der Waals surface area contributed by atoms with Crippen molar-refractivity contribution in [3.63, 3.8) is 0 Å². The average Bonchev–Trinajstić information content (AvgIpc) is 2.25. The van der Waals surface area contributed by atoms with Crippen LogP contribution in [0.1, 0.15) is 26.3 Å². The van der Waals surface area contributed by atoms with Crippen LogP contribution in [0.5, 0.6) is 0 Å². The van der Waals surface area contributed by atoms with Crippen LogP contribution >= 0.6 is 27.7 Å². The molecule has 0 aliphatic rings. The lowest BCUT2D eigenvalue weighted by molar-refractivity contribution is 0.588. The summed E-state index contributed by atoms with van der Waals surface area (Å²) in [7, 11) is 0. The second-order valence-corrected chi connectivity index (χ2v) is 6.33. The molecule has 1 aromatic rings. The first kappa shape index (κ1) is 14.0. The molecule has 0 spiro atoms. The van der Waals surface area contributed by atoms with Crippen LogP contribution in [0.3, 0.4) is 0 Å². The molecular formula is C12H17BrFNS. The van der Waals surface area contributed by atoms with Crippen LogP contribution in [0.15, 0.2) is 21.5 Å². The molecule has 90 valence electrons. The lowest BCUT2D eigenvalue weighted by Gasteiger charge is -2.16. The fourth-order valence-corrected chi connectivity index (χ4v) is 2.82. The van der Waals surface area contributed by atoms with Crippen molar-refractivity contribution in [2.45, 2.75) is 37.5 Å². The van der Waals surface area contributed by atoms with Crippen molar-refractivity contribution in [1.82, 2.24) is 0 Å². The van der Waals surface area contributed by atoms with E-state index in [0.717, 1.165) is 5.56 Å². The molecule has 0 aromatic heterocycles. The van der Waals surface area contributed by atoms with Crippen LogP contribution in [-0.2, 0) is 6.54 Å². The van der Waals surface area contributed by atoms with Gasteiger partial charge in [0.15, 0.2) is 5.82 Å². The van der Waals surface area contributed by atoms with Gasteiger partial charge in [-0.25, -0.2) is 4.39 Å². The summed E-state index contributed by atoms with van der Waals surface area (Å²) in [6, 6.07) is 3.69. The van der Waals surface area contributed by atoms with E-state index >= 15 is 0 Å². The largest absolute Gasteiger partial charge is 0.326 e. The number of hydrogen-bond acceptors (Lipinski definition) is 2. The Hall–Kier alpha value is -0.0600. The monoisotopic (exact) mass is 305 g/mol. The number of thioether (sulfide) groups is 1. The molecule has 0 saturated carbocycles. The highest BCUT2D eigenvalue weighted by Gasteiger charge is 2.15. The molecule has 0 amide bonds. The van der Waals surface area contributed by atoms with Gasteiger partial charge < -0.3 is 5.73 Å². The normalized spacial score (nSPS) is 13.2. The standard InChI is InChI=1S/C12H17BrFNS/c1-7(2)8(3)16-10-5-4-9(6-15)11(13)12(10)14/h4-5,7-8H,6,15H2,1-3H3. The van der Waals surface area contributed by atoms with E-state index in [-0.39, 0.29) is 5.82 Å². The Labute approximate surface area is 109 Å². The Balaban J connectivity index is 2.95. The predicted molar refractivity (Wildman–Crippen MR) is 72.1 cm³/mol. The van der Waals surface area contributed by atoms with Crippen LogP contribution in [0.2, 0.25) is 0 Å². The van der Waals surface area contributed by atoms with Gasteiger partial charge >= 0.3 is 0 Å². The second-order valence-electron chi connectivity index (χ2n) is 4.12. The molecule has 1 rings (SSSR count). The summed E-state index contributed by atoms with van der Waals surface area (Å²) in [5, 5.41) is 0.394. The van der Waals surface area contributed by atoms with Crippen molar-refractivity contribution in [3.8, 4) is 0 Å². The van der Waals surface area contributed by atoms with E-state index in [9.17, 15) is 4.39 Å². The molecule has 0 aliphatic heterocycles. The van der Waals surface area contributed by atoms with Crippen molar-refractivity contribution >= 4 is 27.7 Å². The number of benzene rings is 1. The van der Waals surface area contributed by atoms with Crippen molar-refractivity contribution in [2.75, 3.05) is 0 Å². The molecule has 0 fully saturated rings. The highest BCUT2D eigenvalue weighted by Crippen LogP contribution is 2.34. The third-order valence-electron chi connectivity index (χ3n) is 2.60. The van der Waals surface area contributed by atoms with Crippen molar-refractivity contribution in [2.24, 2.45) is 11.7 Å². The van der Waals surface area contributed by atoms with Gasteiger partial charge in [0.2, 0.25) is 0 Å². The quantitative estimate of drug-likeness (QED) is 0.844. The lowest BCUT2D eigenvalue weighted by Crippen LogP contribution is -2.06. The maximum atomic E-state index is 13.9. The fraction of sp³-hybridized carbons (Fsp3) is 0.500. The van der Waals surface area contributed by atoms with Crippen LogP contribution in [0, 0.1) is 11.7 Å².